The molecule has 1 aliphatic heterocycles. The summed E-state index contributed by atoms with van der Waals surface area (Å²) in [6.07, 6.45) is 1.19. The summed E-state index contributed by atoms with van der Waals surface area (Å²) >= 11 is 1.43. The van der Waals surface area contributed by atoms with Gasteiger partial charge in [0, 0.05) is 17.0 Å². The van der Waals surface area contributed by atoms with E-state index >= 15 is 0 Å². The number of amides is 2. The Morgan fingerprint density at radius 2 is 2.14 bits per heavy atom. The highest BCUT2D eigenvalue weighted by Crippen LogP contribution is 2.45. The average Bonchev–Trinajstić information content (AvgIpc) is 3.25. The number of hydrogen-bond donors (Lipinski definition) is 3. The molecule has 0 atom stereocenters. The molecule has 0 aromatic heterocycles. The van der Waals surface area contributed by atoms with Gasteiger partial charge >= 0.3 is 5.97 Å². The van der Waals surface area contributed by atoms with Gasteiger partial charge in [-0.25, -0.2) is 0 Å². The van der Waals surface area contributed by atoms with Crippen LogP contribution in [0, 0.1) is 5.41 Å². The van der Waals surface area contributed by atoms with Crippen LogP contribution < -0.4 is 10.6 Å². The lowest BCUT2D eigenvalue weighted by Crippen LogP contribution is -2.34. The molecule has 0 saturated heterocycles. The number of nitrogens with one attached hydrogen (secondary N) is 2. The molecular formula is C14H14N2O4S. The van der Waals surface area contributed by atoms with E-state index < -0.39 is 11.4 Å². The number of benzene rings is 1. The van der Waals surface area contributed by atoms with Crippen LogP contribution in [0.4, 0.5) is 5.69 Å². The highest BCUT2D eigenvalue weighted by molar-refractivity contribution is 8.00. The third-order valence-corrected chi connectivity index (χ3v) is 4.84. The summed E-state index contributed by atoms with van der Waals surface area (Å²) in [5.41, 5.74) is 0.259. The number of carboxylic acid groups (broad SMARTS) is 1. The molecule has 0 unspecified atom stereocenters. The van der Waals surface area contributed by atoms with E-state index in [1.165, 1.54) is 11.8 Å². The summed E-state index contributed by atoms with van der Waals surface area (Å²) in [7, 11) is 0. The number of hydrogen-bond acceptors (Lipinski definition) is 4. The Morgan fingerprint density at radius 1 is 1.38 bits per heavy atom. The Kier molecular flexibility index (Phi) is 3.36. The SMILES string of the molecule is O=C1CSc2ccc(C(=O)NCC3(C(=O)O)CC3)cc2N1. The molecule has 0 bridgehead atoms. The molecule has 3 rings (SSSR count). The fourth-order valence-corrected chi connectivity index (χ4v) is 2.98. The molecule has 1 aromatic carbocycles. The summed E-state index contributed by atoms with van der Waals surface area (Å²) in [5.74, 6) is -0.903. The molecule has 110 valence electrons. The summed E-state index contributed by atoms with van der Waals surface area (Å²) < 4.78 is 0. The molecule has 1 heterocycles. The van der Waals surface area contributed by atoms with Crippen molar-refractivity contribution in [3.8, 4) is 0 Å². The molecule has 1 fully saturated rings. The Morgan fingerprint density at radius 3 is 2.81 bits per heavy atom. The van der Waals surface area contributed by atoms with Crippen molar-refractivity contribution in [3.63, 3.8) is 0 Å². The summed E-state index contributed by atoms with van der Waals surface area (Å²) in [6, 6.07) is 5.09. The number of anilines is 1. The Balaban J connectivity index is 1.69. The second kappa shape index (κ2) is 5.07. The van der Waals surface area contributed by atoms with E-state index in [0.29, 0.717) is 29.8 Å². The van der Waals surface area contributed by atoms with Crippen LogP contribution in [0.2, 0.25) is 0 Å². The smallest absolute Gasteiger partial charge is 0.311 e. The molecule has 7 heteroatoms. The van der Waals surface area contributed by atoms with Crippen molar-refractivity contribution in [2.24, 2.45) is 5.41 Å². The van der Waals surface area contributed by atoms with Crippen LogP contribution in [0.1, 0.15) is 23.2 Å². The fourth-order valence-electron chi connectivity index (χ4n) is 2.19. The first-order valence-electron chi connectivity index (χ1n) is 6.58. The van der Waals surface area contributed by atoms with Crippen molar-refractivity contribution in [1.29, 1.82) is 0 Å². The van der Waals surface area contributed by atoms with Gasteiger partial charge in [-0.2, -0.15) is 0 Å². The van der Waals surface area contributed by atoms with Gasteiger partial charge < -0.3 is 15.7 Å². The van der Waals surface area contributed by atoms with Crippen molar-refractivity contribution in [1.82, 2.24) is 5.32 Å². The predicted octanol–water partition coefficient (Wildman–Crippen LogP) is 1.33. The maximum atomic E-state index is 12.1. The minimum absolute atomic E-state index is 0.0899. The molecular weight excluding hydrogens is 292 g/mol. The Bertz CT molecular complexity index is 640. The van der Waals surface area contributed by atoms with E-state index in [2.05, 4.69) is 10.6 Å². The number of carbonyl (C=O) groups is 3. The number of rotatable bonds is 4. The zero-order valence-corrected chi connectivity index (χ0v) is 12.0. The fraction of sp³-hybridized carbons (Fsp3) is 0.357. The maximum Gasteiger partial charge on any atom is 0.311 e. The Labute approximate surface area is 125 Å². The standard InChI is InChI=1S/C14H14N2O4S/c17-11-6-21-10-2-1-8(5-9(10)16-11)12(18)15-7-14(3-4-14)13(19)20/h1-2,5H,3-4,6-7H2,(H,15,18)(H,16,17)(H,19,20). The Hall–Kier alpha value is -2.02. The molecule has 1 saturated carbocycles. The number of carbonyl (C=O) groups excluding carboxylic acids is 2. The van der Waals surface area contributed by atoms with E-state index in [9.17, 15) is 14.4 Å². The van der Waals surface area contributed by atoms with Crippen LogP contribution in [0.3, 0.4) is 0 Å². The quantitative estimate of drug-likeness (QED) is 0.780. The van der Waals surface area contributed by atoms with Crippen molar-refractivity contribution >= 4 is 35.2 Å². The van der Waals surface area contributed by atoms with Gasteiger partial charge in [0.2, 0.25) is 5.91 Å². The number of thioether (sulfide) groups is 1. The summed E-state index contributed by atoms with van der Waals surface area (Å²) in [6.45, 7) is 0.138. The second-order valence-corrected chi connectivity index (χ2v) is 6.33. The van der Waals surface area contributed by atoms with Crippen LogP contribution >= 0.6 is 11.8 Å². The third kappa shape index (κ3) is 2.73. The monoisotopic (exact) mass is 306 g/mol. The van der Waals surface area contributed by atoms with Crippen LogP contribution in [-0.4, -0.2) is 35.2 Å². The lowest BCUT2D eigenvalue weighted by atomic mass is 10.1. The van der Waals surface area contributed by atoms with Crippen molar-refractivity contribution in [2.75, 3.05) is 17.6 Å². The first kappa shape index (κ1) is 13.9. The van der Waals surface area contributed by atoms with E-state index in [1.54, 1.807) is 18.2 Å². The summed E-state index contributed by atoms with van der Waals surface area (Å²) in [4.78, 5) is 35.4. The largest absolute Gasteiger partial charge is 0.481 e. The molecule has 0 spiro atoms. The van der Waals surface area contributed by atoms with Crippen molar-refractivity contribution in [2.45, 2.75) is 17.7 Å². The van der Waals surface area contributed by atoms with Gasteiger partial charge in [-0.05, 0) is 31.0 Å². The molecule has 1 aliphatic carbocycles. The van der Waals surface area contributed by atoms with Gasteiger partial charge in [0.15, 0.2) is 0 Å². The molecule has 3 N–H and O–H groups in total. The van der Waals surface area contributed by atoms with Gasteiger partial charge in [-0.1, -0.05) is 0 Å². The molecule has 2 aliphatic rings. The highest BCUT2D eigenvalue weighted by atomic mass is 32.2. The van der Waals surface area contributed by atoms with Crippen LogP contribution in [0.25, 0.3) is 0 Å². The predicted molar refractivity (Wildman–Crippen MR) is 77.4 cm³/mol. The zero-order chi connectivity index (χ0) is 15.0. The highest BCUT2D eigenvalue weighted by Gasteiger charge is 2.50. The number of carboxylic acids is 1. The average molecular weight is 306 g/mol. The van der Waals surface area contributed by atoms with E-state index in [-0.39, 0.29) is 18.4 Å². The van der Waals surface area contributed by atoms with Gasteiger partial charge in [-0.3, -0.25) is 14.4 Å². The van der Waals surface area contributed by atoms with Gasteiger partial charge in [-0.15, -0.1) is 11.8 Å². The topological polar surface area (TPSA) is 95.5 Å². The minimum atomic E-state index is -0.864. The van der Waals surface area contributed by atoms with Crippen LogP contribution in [0.5, 0.6) is 0 Å². The lowest BCUT2D eigenvalue weighted by molar-refractivity contribution is -0.143. The lowest BCUT2D eigenvalue weighted by Gasteiger charge is -2.17. The van der Waals surface area contributed by atoms with Crippen LogP contribution in [0.15, 0.2) is 23.1 Å². The van der Waals surface area contributed by atoms with E-state index in [1.807, 2.05) is 0 Å². The molecule has 0 radical (unpaired) electrons. The second-order valence-electron chi connectivity index (χ2n) is 5.32. The number of aliphatic carboxylic acids is 1. The first-order chi connectivity index (χ1) is 10.00. The third-order valence-electron chi connectivity index (χ3n) is 3.77. The molecule has 6 nitrogen and oxygen atoms in total. The molecule has 1 aromatic rings. The van der Waals surface area contributed by atoms with E-state index in [0.717, 1.165) is 4.90 Å². The van der Waals surface area contributed by atoms with Gasteiger partial charge in [0.25, 0.3) is 5.91 Å². The van der Waals surface area contributed by atoms with Crippen LogP contribution in [-0.2, 0) is 9.59 Å². The minimum Gasteiger partial charge on any atom is -0.481 e. The zero-order valence-electron chi connectivity index (χ0n) is 11.1. The maximum absolute atomic E-state index is 12.1. The number of fused-ring (bicyclic) bond motifs is 1. The van der Waals surface area contributed by atoms with Crippen molar-refractivity contribution in [3.05, 3.63) is 23.8 Å². The van der Waals surface area contributed by atoms with Crippen molar-refractivity contribution < 1.29 is 19.5 Å². The molecule has 21 heavy (non-hydrogen) atoms. The van der Waals surface area contributed by atoms with Gasteiger partial charge in [0.05, 0.1) is 16.9 Å². The summed E-state index contributed by atoms with van der Waals surface area (Å²) in [5, 5.41) is 14.5. The first-order valence-corrected chi connectivity index (χ1v) is 7.57. The van der Waals surface area contributed by atoms with Gasteiger partial charge in [0.1, 0.15) is 0 Å². The molecule has 2 amide bonds. The van der Waals surface area contributed by atoms with E-state index in [4.69, 9.17) is 5.11 Å². The normalized spacial score (nSPS) is 18.4.